The van der Waals surface area contributed by atoms with Crippen LogP contribution in [0.4, 0.5) is 22.7 Å². The highest BCUT2D eigenvalue weighted by molar-refractivity contribution is 5.69. The summed E-state index contributed by atoms with van der Waals surface area (Å²) in [6.45, 7) is 5.69. The first-order chi connectivity index (χ1) is 18.5. The van der Waals surface area contributed by atoms with Gasteiger partial charge in [0.05, 0.1) is 88.8 Å². The first kappa shape index (κ1) is 33.0. The maximum Gasteiger partial charge on any atom is 0.163 e. The van der Waals surface area contributed by atoms with Crippen molar-refractivity contribution >= 4 is 22.7 Å². The molecule has 2 aromatic rings. The molecule has 0 atom stereocenters. The van der Waals surface area contributed by atoms with Gasteiger partial charge >= 0.3 is 0 Å². The molecule has 0 aromatic heterocycles. The third kappa shape index (κ3) is 16.0. The van der Waals surface area contributed by atoms with Gasteiger partial charge in [-0.1, -0.05) is 12.1 Å². The first-order valence-corrected chi connectivity index (χ1v) is 12.3. The zero-order chi connectivity index (χ0) is 27.8. The molecule has 0 heterocycles. The molecule has 8 N–H and O–H groups in total. The lowest BCUT2D eigenvalue weighted by atomic mass is 10.2. The number of para-hydroxylation sites is 2. The van der Waals surface area contributed by atoms with Crippen molar-refractivity contribution in [2.75, 3.05) is 116 Å². The van der Waals surface area contributed by atoms with E-state index in [4.69, 9.17) is 60.8 Å². The van der Waals surface area contributed by atoms with Crippen molar-refractivity contribution in [2.24, 2.45) is 0 Å². The molecular weight excluding hydrogens is 496 g/mol. The van der Waals surface area contributed by atoms with Crippen LogP contribution < -0.4 is 32.4 Å². The molecule has 0 aliphatic heterocycles. The van der Waals surface area contributed by atoms with Crippen LogP contribution in [-0.2, 0) is 28.4 Å². The van der Waals surface area contributed by atoms with Crippen molar-refractivity contribution in [3.63, 3.8) is 0 Å². The summed E-state index contributed by atoms with van der Waals surface area (Å²) in [6, 6.07) is 10.5. The van der Waals surface area contributed by atoms with Gasteiger partial charge in [0.1, 0.15) is 13.2 Å². The number of anilines is 4. The van der Waals surface area contributed by atoms with E-state index in [1.807, 2.05) is 12.1 Å². The van der Waals surface area contributed by atoms with Gasteiger partial charge in [0.25, 0.3) is 0 Å². The fraction of sp³-hybridized carbons (Fsp3) is 0.538. The van der Waals surface area contributed by atoms with Gasteiger partial charge in [-0.25, -0.2) is 0 Å². The van der Waals surface area contributed by atoms with Gasteiger partial charge in [0.15, 0.2) is 11.5 Å². The van der Waals surface area contributed by atoms with Gasteiger partial charge in [0, 0.05) is 26.4 Å². The summed E-state index contributed by atoms with van der Waals surface area (Å²) in [5.41, 5.74) is 24.7. The van der Waals surface area contributed by atoms with E-state index in [1.54, 1.807) is 38.5 Å². The molecule has 216 valence electrons. The monoisotopic (exact) mass is 540 g/mol. The van der Waals surface area contributed by atoms with Gasteiger partial charge in [-0.05, 0) is 12.1 Å². The Labute approximate surface area is 225 Å². The minimum absolute atomic E-state index is 0.340. The van der Waals surface area contributed by atoms with Crippen molar-refractivity contribution in [1.29, 1.82) is 0 Å². The molecule has 0 unspecified atom stereocenters. The van der Waals surface area contributed by atoms with E-state index in [0.29, 0.717) is 114 Å². The second-order valence-corrected chi connectivity index (χ2v) is 7.69. The molecular formula is C26H44N4O8. The molecule has 12 heteroatoms. The van der Waals surface area contributed by atoms with Crippen molar-refractivity contribution in [3.8, 4) is 11.5 Å². The summed E-state index contributed by atoms with van der Waals surface area (Å²) in [5, 5.41) is 0. The highest BCUT2D eigenvalue weighted by Crippen LogP contribution is 2.33. The van der Waals surface area contributed by atoms with Gasteiger partial charge in [0.2, 0.25) is 0 Å². The average Bonchev–Trinajstić information content (AvgIpc) is 2.91. The van der Waals surface area contributed by atoms with Gasteiger partial charge < -0.3 is 60.8 Å². The summed E-state index contributed by atoms with van der Waals surface area (Å²) in [6.07, 6.45) is 0. The SMILES string of the molecule is COCCOCCOCCOc1cc(N)c(N)cc1OCCOCCOCCOC.Nc1ccccc1N. The third-order valence-corrected chi connectivity index (χ3v) is 4.72. The van der Waals surface area contributed by atoms with Crippen LogP contribution in [0, 0.1) is 0 Å². The van der Waals surface area contributed by atoms with E-state index in [9.17, 15) is 0 Å². The summed E-state index contributed by atoms with van der Waals surface area (Å²) >= 11 is 0. The Morgan fingerprint density at radius 1 is 0.447 bits per heavy atom. The zero-order valence-electron chi connectivity index (χ0n) is 22.5. The largest absolute Gasteiger partial charge is 0.487 e. The number of methoxy groups -OCH3 is 2. The van der Waals surface area contributed by atoms with Crippen LogP contribution in [-0.4, -0.2) is 93.5 Å². The number of hydrogen-bond donors (Lipinski definition) is 4. The summed E-state index contributed by atoms with van der Waals surface area (Å²) < 4.78 is 42.8. The maximum absolute atomic E-state index is 5.88. The molecule has 0 spiro atoms. The van der Waals surface area contributed by atoms with Crippen LogP contribution in [0.25, 0.3) is 0 Å². The summed E-state index contributed by atoms with van der Waals surface area (Å²) in [7, 11) is 3.26. The first-order valence-electron chi connectivity index (χ1n) is 12.3. The van der Waals surface area contributed by atoms with E-state index in [0.717, 1.165) is 0 Å². The lowest BCUT2D eigenvalue weighted by molar-refractivity contribution is 0.0160. The number of benzene rings is 2. The molecule has 12 nitrogen and oxygen atoms in total. The summed E-state index contributed by atoms with van der Waals surface area (Å²) in [4.78, 5) is 0. The number of ether oxygens (including phenoxy) is 8. The van der Waals surface area contributed by atoms with Crippen molar-refractivity contribution in [2.45, 2.75) is 0 Å². The Kier molecular flexibility index (Phi) is 19.1. The van der Waals surface area contributed by atoms with Crippen molar-refractivity contribution < 1.29 is 37.9 Å². The Morgan fingerprint density at radius 3 is 1.08 bits per heavy atom. The Balaban J connectivity index is 0.000000763. The minimum atomic E-state index is 0.340. The standard InChI is InChI=1S/C20H36N2O8.C6H8N2/c1-23-3-5-25-7-9-27-11-13-29-19-15-17(21)18(22)16-20(19)30-14-12-28-10-8-26-6-4-24-2;7-5-3-1-2-4-6(5)8/h15-16H,3-14,21-22H2,1-2H3;1-4H,7-8H2. The number of nitrogens with two attached hydrogens (primary N) is 4. The van der Waals surface area contributed by atoms with Gasteiger partial charge in [-0.3, -0.25) is 0 Å². The minimum Gasteiger partial charge on any atom is -0.487 e. The van der Waals surface area contributed by atoms with Gasteiger partial charge in [-0.15, -0.1) is 0 Å². The lowest BCUT2D eigenvalue weighted by Crippen LogP contribution is -2.14. The Hall–Kier alpha value is -3.00. The fourth-order valence-corrected chi connectivity index (χ4v) is 2.68. The molecule has 0 bridgehead atoms. The van der Waals surface area contributed by atoms with Crippen LogP contribution in [0.1, 0.15) is 0 Å². The van der Waals surface area contributed by atoms with Crippen LogP contribution in [0.5, 0.6) is 11.5 Å². The van der Waals surface area contributed by atoms with Crippen LogP contribution >= 0.6 is 0 Å². The Bertz CT molecular complexity index is 792. The molecule has 38 heavy (non-hydrogen) atoms. The van der Waals surface area contributed by atoms with E-state index in [1.165, 1.54) is 0 Å². The second kappa shape index (κ2) is 22.0. The second-order valence-electron chi connectivity index (χ2n) is 7.69. The predicted molar refractivity (Wildman–Crippen MR) is 149 cm³/mol. The molecule has 0 saturated heterocycles. The third-order valence-electron chi connectivity index (χ3n) is 4.72. The highest BCUT2D eigenvalue weighted by atomic mass is 16.6. The molecule has 2 rings (SSSR count). The maximum atomic E-state index is 5.88. The van der Waals surface area contributed by atoms with Gasteiger partial charge in [-0.2, -0.15) is 0 Å². The molecule has 0 aliphatic rings. The molecule has 0 saturated carbocycles. The lowest BCUT2D eigenvalue weighted by Gasteiger charge is -2.15. The van der Waals surface area contributed by atoms with Crippen LogP contribution in [0.15, 0.2) is 36.4 Å². The van der Waals surface area contributed by atoms with E-state index < -0.39 is 0 Å². The average molecular weight is 541 g/mol. The van der Waals surface area contributed by atoms with E-state index in [-0.39, 0.29) is 0 Å². The normalized spacial score (nSPS) is 10.6. The highest BCUT2D eigenvalue weighted by Gasteiger charge is 2.09. The van der Waals surface area contributed by atoms with Crippen molar-refractivity contribution in [1.82, 2.24) is 0 Å². The zero-order valence-corrected chi connectivity index (χ0v) is 22.5. The summed E-state index contributed by atoms with van der Waals surface area (Å²) in [5.74, 6) is 1.01. The van der Waals surface area contributed by atoms with Crippen LogP contribution in [0.3, 0.4) is 0 Å². The number of rotatable bonds is 20. The predicted octanol–water partition coefficient (Wildman–Crippen LogP) is 1.82. The molecule has 0 amide bonds. The topological polar surface area (TPSA) is 178 Å². The molecule has 0 fully saturated rings. The number of hydrogen-bond acceptors (Lipinski definition) is 12. The van der Waals surface area contributed by atoms with Crippen LogP contribution in [0.2, 0.25) is 0 Å². The quantitative estimate of drug-likeness (QED) is 0.142. The Morgan fingerprint density at radius 2 is 0.763 bits per heavy atom. The van der Waals surface area contributed by atoms with Crippen molar-refractivity contribution in [3.05, 3.63) is 36.4 Å². The van der Waals surface area contributed by atoms with E-state index >= 15 is 0 Å². The molecule has 0 radical (unpaired) electrons. The van der Waals surface area contributed by atoms with E-state index in [2.05, 4.69) is 0 Å². The fourth-order valence-electron chi connectivity index (χ4n) is 2.68. The smallest absolute Gasteiger partial charge is 0.163 e. The number of nitrogen functional groups attached to an aromatic ring is 4. The molecule has 0 aliphatic carbocycles. The molecule has 2 aromatic carbocycles.